The lowest BCUT2D eigenvalue weighted by molar-refractivity contribution is 0.402. The van der Waals surface area contributed by atoms with E-state index in [4.69, 9.17) is 0 Å². The maximum atomic E-state index is 3.94. The van der Waals surface area contributed by atoms with E-state index in [1.165, 1.54) is 51.4 Å². The smallest absolute Gasteiger partial charge is 0.0426 e. The average Bonchev–Trinajstić information content (AvgIpc) is 2.41. The van der Waals surface area contributed by atoms with Gasteiger partial charge in [-0.05, 0) is 36.3 Å². The van der Waals surface area contributed by atoms with Crippen LogP contribution in [0.2, 0.25) is 0 Å². The summed E-state index contributed by atoms with van der Waals surface area (Å²) in [4.78, 5) is 0.591. The van der Waals surface area contributed by atoms with E-state index in [0.29, 0.717) is 4.83 Å². The zero-order valence-electron chi connectivity index (χ0n) is 11.5. The second-order valence-corrected chi connectivity index (χ2v) is 6.59. The van der Waals surface area contributed by atoms with Gasteiger partial charge in [-0.15, -0.1) is 0 Å². The maximum absolute atomic E-state index is 3.94. The van der Waals surface area contributed by atoms with Crippen LogP contribution in [0.1, 0.15) is 67.8 Å². The normalized spacial score (nSPS) is 22.8. The first kappa shape index (κ1) is 14.1. The highest BCUT2D eigenvalue weighted by Gasteiger charge is 2.26. The van der Waals surface area contributed by atoms with Crippen LogP contribution >= 0.6 is 15.9 Å². The zero-order valence-corrected chi connectivity index (χ0v) is 13.1. The molecule has 0 saturated carbocycles. The second-order valence-electron chi connectivity index (χ2n) is 5.60. The van der Waals surface area contributed by atoms with Crippen molar-refractivity contribution in [2.24, 2.45) is 5.92 Å². The summed E-state index contributed by atoms with van der Waals surface area (Å²) in [5, 5.41) is 0. The molecular formula is C17H25Br. The number of unbranched alkanes of at least 4 members (excludes halogenated alkanes) is 4. The molecule has 0 aromatic heterocycles. The van der Waals surface area contributed by atoms with Gasteiger partial charge in [-0.3, -0.25) is 0 Å². The Morgan fingerprint density at radius 3 is 2.72 bits per heavy atom. The molecule has 1 heteroatoms. The monoisotopic (exact) mass is 308 g/mol. The Balaban J connectivity index is 1.82. The van der Waals surface area contributed by atoms with Gasteiger partial charge in [0.25, 0.3) is 0 Å². The van der Waals surface area contributed by atoms with E-state index in [9.17, 15) is 0 Å². The van der Waals surface area contributed by atoms with Crippen LogP contribution in [0.25, 0.3) is 0 Å². The van der Waals surface area contributed by atoms with Crippen molar-refractivity contribution in [3.63, 3.8) is 0 Å². The minimum Gasteiger partial charge on any atom is -0.0836 e. The predicted molar refractivity (Wildman–Crippen MR) is 83.3 cm³/mol. The molecule has 0 N–H and O–H groups in total. The predicted octanol–water partition coefficient (Wildman–Crippen LogP) is 6.05. The highest BCUT2D eigenvalue weighted by molar-refractivity contribution is 9.09. The number of hydrogen-bond donors (Lipinski definition) is 0. The van der Waals surface area contributed by atoms with E-state index >= 15 is 0 Å². The molecule has 18 heavy (non-hydrogen) atoms. The molecule has 1 aromatic carbocycles. The fourth-order valence-corrected chi connectivity index (χ4v) is 4.05. The molecule has 2 atom stereocenters. The highest BCUT2D eigenvalue weighted by atomic mass is 79.9. The summed E-state index contributed by atoms with van der Waals surface area (Å²) in [6.45, 7) is 2.28. The van der Waals surface area contributed by atoms with Gasteiger partial charge in [-0.1, -0.05) is 79.2 Å². The largest absolute Gasteiger partial charge is 0.0836 e. The molecule has 0 amide bonds. The Labute approximate surface area is 120 Å². The van der Waals surface area contributed by atoms with Crippen molar-refractivity contribution in [1.29, 1.82) is 0 Å². The van der Waals surface area contributed by atoms with Crippen LogP contribution in [0.3, 0.4) is 0 Å². The summed E-state index contributed by atoms with van der Waals surface area (Å²) in [5.41, 5.74) is 3.10. The first-order valence-electron chi connectivity index (χ1n) is 7.54. The fourth-order valence-electron chi connectivity index (χ4n) is 3.07. The van der Waals surface area contributed by atoms with E-state index in [1.54, 1.807) is 11.1 Å². The van der Waals surface area contributed by atoms with Crippen LogP contribution in [0.15, 0.2) is 24.3 Å². The molecule has 0 fully saturated rings. The maximum Gasteiger partial charge on any atom is 0.0426 e. The molecule has 0 heterocycles. The van der Waals surface area contributed by atoms with Crippen LogP contribution in [0.4, 0.5) is 0 Å². The van der Waals surface area contributed by atoms with Crippen LogP contribution in [0, 0.1) is 5.92 Å². The molecule has 1 aromatic rings. The first-order chi connectivity index (χ1) is 8.83. The van der Waals surface area contributed by atoms with E-state index in [1.807, 2.05) is 0 Å². The molecule has 0 spiro atoms. The van der Waals surface area contributed by atoms with Crippen LogP contribution in [0.5, 0.6) is 0 Å². The lowest BCUT2D eigenvalue weighted by Crippen LogP contribution is -2.16. The Bertz CT molecular complexity index is 358. The Kier molecular flexibility index (Phi) is 5.75. The third-order valence-corrected chi connectivity index (χ3v) is 5.47. The average molecular weight is 309 g/mol. The number of halogens is 1. The Morgan fingerprint density at radius 1 is 1.11 bits per heavy atom. The Hall–Kier alpha value is -0.300. The first-order valence-corrected chi connectivity index (χ1v) is 8.46. The molecule has 2 unspecified atom stereocenters. The summed E-state index contributed by atoms with van der Waals surface area (Å²) in [5.74, 6) is 0.849. The van der Waals surface area contributed by atoms with Crippen LogP contribution in [-0.4, -0.2) is 0 Å². The van der Waals surface area contributed by atoms with E-state index in [2.05, 4.69) is 47.1 Å². The van der Waals surface area contributed by atoms with Crippen molar-refractivity contribution in [1.82, 2.24) is 0 Å². The molecule has 1 aliphatic rings. The summed E-state index contributed by atoms with van der Waals surface area (Å²) in [7, 11) is 0. The summed E-state index contributed by atoms with van der Waals surface area (Å²) >= 11 is 3.94. The van der Waals surface area contributed by atoms with Crippen molar-refractivity contribution in [2.75, 3.05) is 0 Å². The summed E-state index contributed by atoms with van der Waals surface area (Å²) in [6, 6.07) is 8.94. The summed E-state index contributed by atoms with van der Waals surface area (Å²) in [6.07, 6.45) is 11.0. The lowest BCUT2D eigenvalue weighted by Gasteiger charge is -2.30. The number of rotatable bonds is 6. The molecule has 100 valence electrons. The summed E-state index contributed by atoms with van der Waals surface area (Å²) < 4.78 is 0. The van der Waals surface area contributed by atoms with Gasteiger partial charge < -0.3 is 0 Å². The van der Waals surface area contributed by atoms with Gasteiger partial charge >= 0.3 is 0 Å². The highest BCUT2D eigenvalue weighted by Crippen LogP contribution is 2.42. The van der Waals surface area contributed by atoms with Crippen molar-refractivity contribution in [2.45, 2.75) is 63.1 Å². The molecule has 0 saturated heterocycles. The standard InChI is InChI=1S/C17H25Br/c1-2-3-4-5-6-10-15-13-12-14-9-7-8-11-16(14)17(15)18/h7-9,11,15,17H,2-6,10,12-13H2,1H3. The van der Waals surface area contributed by atoms with Gasteiger partial charge in [0.1, 0.15) is 0 Å². The van der Waals surface area contributed by atoms with Gasteiger partial charge in [0, 0.05) is 4.83 Å². The molecule has 1 aliphatic carbocycles. The Morgan fingerprint density at radius 2 is 1.89 bits per heavy atom. The molecule has 0 aliphatic heterocycles. The minimum atomic E-state index is 0.591. The number of fused-ring (bicyclic) bond motifs is 1. The van der Waals surface area contributed by atoms with Gasteiger partial charge in [-0.2, -0.15) is 0 Å². The van der Waals surface area contributed by atoms with Crippen molar-refractivity contribution >= 4 is 15.9 Å². The van der Waals surface area contributed by atoms with E-state index in [0.717, 1.165) is 5.92 Å². The van der Waals surface area contributed by atoms with Crippen molar-refractivity contribution < 1.29 is 0 Å². The van der Waals surface area contributed by atoms with Gasteiger partial charge in [0.05, 0.1) is 0 Å². The van der Waals surface area contributed by atoms with Gasteiger partial charge in [0.15, 0.2) is 0 Å². The molecule has 0 radical (unpaired) electrons. The third kappa shape index (κ3) is 3.60. The van der Waals surface area contributed by atoms with Gasteiger partial charge in [-0.25, -0.2) is 0 Å². The molecule has 0 bridgehead atoms. The number of benzene rings is 1. The zero-order chi connectivity index (χ0) is 12.8. The number of aryl methyl sites for hydroxylation is 1. The van der Waals surface area contributed by atoms with Gasteiger partial charge in [0.2, 0.25) is 0 Å². The molecule has 0 nitrogen and oxygen atoms in total. The van der Waals surface area contributed by atoms with Crippen LogP contribution in [-0.2, 0) is 6.42 Å². The number of hydrogen-bond acceptors (Lipinski definition) is 0. The molecular weight excluding hydrogens is 284 g/mol. The fraction of sp³-hybridized carbons (Fsp3) is 0.647. The van der Waals surface area contributed by atoms with Crippen molar-refractivity contribution in [3.8, 4) is 0 Å². The molecule has 2 rings (SSSR count). The van der Waals surface area contributed by atoms with E-state index in [-0.39, 0.29) is 0 Å². The third-order valence-electron chi connectivity index (χ3n) is 4.23. The van der Waals surface area contributed by atoms with E-state index < -0.39 is 0 Å². The van der Waals surface area contributed by atoms with Crippen LogP contribution < -0.4 is 0 Å². The SMILES string of the molecule is CCCCCCCC1CCc2ccccc2C1Br. The number of alkyl halides is 1. The second kappa shape index (κ2) is 7.33. The minimum absolute atomic E-state index is 0.591. The topological polar surface area (TPSA) is 0 Å². The lowest BCUT2D eigenvalue weighted by atomic mass is 9.81. The quantitative estimate of drug-likeness (QED) is 0.443. The van der Waals surface area contributed by atoms with Crippen molar-refractivity contribution in [3.05, 3.63) is 35.4 Å².